The fourth-order valence-corrected chi connectivity index (χ4v) is 4.90. The van der Waals surface area contributed by atoms with Crippen LogP contribution in [0.25, 0.3) is 0 Å². The van der Waals surface area contributed by atoms with E-state index in [0.29, 0.717) is 49.0 Å². The van der Waals surface area contributed by atoms with Crippen molar-refractivity contribution < 1.29 is 19.1 Å². The quantitative estimate of drug-likeness (QED) is 0.496. The highest BCUT2D eigenvalue weighted by molar-refractivity contribution is 6.31. The number of likely N-dealkylation sites (tertiary alicyclic amines) is 1. The maximum Gasteiger partial charge on any atom is 0.309 e. The average molecular weight is 485 g/mol. The van der Waals surface area contributed by atoms with Gasteiger partial charge in [0.05, 0.1) is 36.9 Å². The lowest BCUT2D eigenvalue weighted by atomic mass is 9.91. The Morgan fingerprint density at radius 3 is 2.62 bits per heavy atom. The molecule has 2 aromatic heterocycles. The van der Waals surface area contributed by atoms with Gasteiger partial charge in [-0.1, -0.05) is 29.8 Å². The molecule has 34 heavy (non-hydrogen) atoms. The fraction of sp³-hybridized carbons (Fsp3) is 0.385. The van der Waals surface area contributed by atoms with Crippen LogP contribution in [0.2, 0.25) is 5.02 Å². The van der Waals surface area contributed by atoms with Crippen molar-refractivity contribution in [3.8, 4) is 5.75 Å². The van der Waals surface area contributed by atoms with Crippen LogP contribution < -0.4 is 5.56 Å². The molecule has 1 saturated heterocycles. The van der Waals surface area contributed by atoms with Gasteiger partial charge >= 0.3 is 5.97 Å². The molecule has 7 nitrogen and oxygen atoms in total. The maximum absolute atomic E-state index is 13.8. The first-order valence-electron chi connectivity index (χ1n) is 11.5. The summed E-state index contributed by atoms with van der Waals surface area (Å²) in [6.07, 6.45) is 2.78. The predicted molar refractivity (Wildman–Crippen MR) is 129 cm³/mol. The number of esters is 1. The highest BCUT2D eigenvalue weighted by Gasteiger charge is 2.35. The van der Waals surface area contributed by atoms with Gasteiger partial charge < -0.3 is 18.8 Å². The van der Waals surface area contributed by atoms with Crippen molar-refractivity contribution >= 4 is 17.6 Å². The maximum atomic E-state index is 13.8. The van der Waals surface area contributed by atoms with E-state index in [1.54, 1.807) is 42.9 Å². The minimum Gasteiger partial charge on any atom is -0.507 e. The lowest BCUT2D eigenvalue weighted by Crippen LogP contribution is -2.42. The van der Waals surface area contributed by atoms with E-state index < -0.39 is 6.04 Å². The summed E-state index contributed by atoms with van der Waals surface area (Å²) in [5.41, 5.74) is 1.33. The first-order chi connectivity index (χ1) is 16.4. The Labute approximate surface area is 203 Å². The number of carbonyl (C=O) groups excluding carboxylic acids is 1. The number of ether oxygens (including phenoxy) is 1. The van der Waals surface area contributed by atoms with E-state index in [1.807, 2.05) is 24.3 Å². The van der Waals surface area contributed by atoms with E-state index in [9.17, 15) is 14.7 Å². The molecule has 1 aliphatic rings. The van der Waals surface area contributed by atoms with Gasteiger partial charge in [0.15, 0.2) is 0 Å². The van der Waals surface area contributed by atoms with Gasteiger partial charge in [-0.3, -0.25) is 14.5 Å². The highest BCUT2D eigenvalue weighted by Crippen LogP contribution is 2.38. The molecule has 3 aromatic rings. The van der Waals surface area contributed by atoms with Crippen molar-refractivity contribution in [3.63, 3.8) is 0 Å². The molecule has 1 fully saturated rings. The topological polar surface area (TPSA) is 84.9 Å². The fourth-order valence-electron chi connectivity index (χ4n) is 4.67. The Morgan fingerprint density at radius 1 is 1.24 bits per heavy atom. The van der Waals surface area contributed by atoms with Crippen LogP contribution >= 0.6 is 11.6 Å². The van der Waals surface area contributed by atoms with Crippen LogP contribution in [0.3, 0.4) is 0 Å². The molecule has 0 saturated carbocycles. The van der Waals surface area contributed by atoms with Crippen LogP contribution in [0.15, 0.2) is 57.9 Å². The molecule has 3 heterocycles. The number of halogens is 1. The number of carbonyl (C=O) groups is 1. The number of nitrogens with zero attached hydrogens (tertiary/aromatic N) is 2. The summed E-state index contributed by atoms with van der Waals surface area (Å²) < 4.78 is 12.3. The van der Waals surface area contributed by atoms with Crippen LogP contribution in [0.5, 0.6) is 5.75 Å². The van der Waals surface area contributed by atoms with E-state index in [2.05, 4.69) is 4.90 Å². The third-order valence-electron chi connectivity index (χ3n) is 6.40. The Bertz CT molecular complexity index is 1200. The van der Waals surface area contributed by atoms with Crippen molar-refractivity contribution in [2.75, 3.05) is 19.7 Å². The predicted octanol–water partition coefficient (Wildman–Crippen LogP) is 4.52. The molecule has 0 aliphatic carbocycles. The van der Waals surface area contributed by atoms with Crippen molar-refractivity contribution in [2.24, 2.45) is 5.92 Å². The molecule has 0 spiro atoms. The first kappa shape index (κ1) is 24.1. The standard InChI is InChI=1S/C26H29ClN2O5/c1-3-33-26(32)18-10-12-28(13-11-18)24(20-8-4-5-9-21(20)27)23-22(30)15-17(2)29(25(23)31)16-19-7-6-14-34-19/h4-9,14-15,18,24,30H,3,10-13,16H2,1-2H3/t24-/m0/s1. The Hall–Kier alpha value is -3.03. The molecule has 180 valence electrons. The van der Waals surface area contributed by atoms with E-state index in [-0.39, 0.29) is 35.3 Å². The molecule has 0 amide bonds. The second-order valence-electron chi connectivity index (χ2n) is 8.54. The number of aryl methyl sites for hydroxylation is 1. The largest absolute Gasteiger partial charge is 0.507 e. The van der Waals surface area contributed by atoms with Crippen LogP contribution in [0, 0.1) is 12.8 Å². The van der Waals surface area contributed by atoms with E-state index >= 15 is 0 Å². The molecular weight excluding hydrogens is 456 g/mol. The molecule has 0 bridgehead atoms. The number of piperidine rings is 1. The molecule has 8 heteroatoms. The monoisotopic (exact) mass is 484 g/mol. The first-order valence-corrected chi connectivity index (χ1v) is 11.9. The number of hydrogen-bond donors (Lipinski definition) is 1. The van der Waals surface area contributed by atoms with Gasteiger partial charge in [0.2, 0.25) is 0 Å². The number of aromatic hydroxyl groups is 1. The SMILES string of the molecule is CCOC(=O)C1CCN([C@@H](c2ccccc2Cl)c2c(O)cc(C)n(Cc3ccco3)c2=O)CC1. The van der Waals surface area contributed by atoms with Gasteiger partial charge in [-0.15, -0.1) is 0 Å². The van der Waals surface area contributed by atoms with E-state index in [4.69, 9.17) is 20.8 Å². The lowest BCUT2D eigenvalue weighted by molar-refractivity contribution is -0.149. The van der Waals surface area contributed by atoms with Crippen LogP contribution in [-0.4, -0.2) is 40.2 Å². The zero-order chi connectivity index (χ0) is 24.2. The van der Waals surface area contributed by atoms with Gasteiger partial charge in [-0.05, 0) is 69.6 Å². The van der Waals surface area contributed by atoms with Crippen molar-refractivity contribution in [1.82, 2.24) is 9.47 Å². The average Bonchev–Trinajstić information content (AvgIpc) is 3.34. The number of furan rings is 1. The molecule has 1 aliphatic heterocycles. The summed E-state index contributed by atoms with van der Waals surface area (Å²) >= 11 is 6.59. The van der Waals surface area contributed by atoms with Gasteiger partial charge in [0.25, 0.3) is 5.56 Å². The molecule has 1 N–H and O–H groups in total. The number of rotatable bonds is 7. The van der Waals surface area contributed by atoms with E-state index in [0.717, 1.165) is 5.56 Å². The molecule has 1 atom stereocenters. The summed E-state index contributed by atoms with van der Waals surface area (Å²) in [4.78, 5) is 28.1. The summed E-state index contributed by atoms with van der Waals surface area (Å²) in [6.45, 7) is 5.31. The number of pyridine rings is 1. The minimum atomic E-state index is -0.562. The molecular formula is C26H29ClN2O5. The summed E-state index contributed by atoms with van der Waals surface area (Å²) in [5.74, 6) is 0.211. The molecule has 0 unspecified atom stereocenters. The van der Waals surface area contributed by atoms with Crippen molar-refractivity contribution in [1.29, 1.82) is 0 Å². The normalized spacial score (nSPS) is 15.9. The molecule has 1 aromatic carbocycles. The smallest absolute Gasteiger partial charge is 0.309 e. The summed E-state index contributed by atoms with van der Waals surface area (Å²) in [6, 6.07) is 12.0. The third kappa shape index (κ3) is 4.91. The highest BCUT2D eigenvalue weighted by atomic mass is 35.5. The Kier molecular flexibility index (Phi) is 7.44. The van der Waals surface area contributed by atoms with Gasteiger partial charge in [-0.2, -0.15) is 0 Å². The molecule has 4 rings (SSSR count). The second kappa shape index (κ2) is 10.5. The van der Waals surface area contributed by atoms with Gasteiger partial charge in [0.1, 0.15) is 11.5 Å². The minimum absolute atomic E-state index is 0.0735. The summed E-state index contributed by atoms with van der Waals surface area (Å²) in [7, 11) is 0. The number of hydrogen-bond acceptors (Lipinski definition) is 6. The van der Waals surface area contributed by atoms with Gasteiger partial charge in [0, 0.05) is 10.7 Å². The van der Waals surface area contributed by atoms with E-state index in [1.165, 1.54) is 0 Å². The lowest BCUT2D eigenvalue weighted by Gasteiger charge is -2.37. The van der Waals surface area contributed by atoms with Crippen LogP contribution in [-0.2, 0) is 16.1 Å². The number of aromatic nitrogens is 1. The van der Waals surface area contributed by atoms with Crippen molar-refractivity contribution in [3.05, 3.63) is 86.7 Å². The van der Waals surface area contributed by atoms with Crippen molar-refractivity contribution in [2.45, 2.75) is 39.3 Å². The summed E-state index contributed by atoms with van der Waals surface area (Å²) in [5, 5.41) is 11.5. The Balaban J connectivity index is 1.76. The second-order valence-corrected chi connectivity index (χ2v) is 8.95. The number of benzene rings is 1. The van der Waals surface area contributed by atoms with Crippen LogP contribution in [0.1, 0.15) is 48.4 Å². The Morgan fingerprint density at radius 2 is 1.97 bits per heavy atom. The van der Waals surface area contributed by atoms with Gasteiger partial charge in [-0.25, -0.2) is 0 Å². The zero-order valence-electron chi connectivity index (χ0n) is 19.4. The zero-order valence-corrected chi connectivity index (χ0v) is 20.1. The molecule has 0 radical (unpaired) electrons. The third-order valence-corrected chi connectivity index (χ3v) is 6.75. The van der Waals surface area contributed by atoms with Crippen LogP contribution in [0.4, 0.5) is 0 Å².